The molecule has 2 N–H and O–H groups in total. The monoisotopic (exact) mass is 339 g/mol. The molecule has 1 aliphatic heterocycles. The number of hydrogen-bond acceptors (Lipinski definition) is 3. The van der Waals surface area contributed by atoms with Gasteiger partial charge >= 0.3 is 0 Å². The average Bonchev–Trinajstić information content (AvgIpc) is 2.48. The number of amides is 2. The van der Waals surface area contributed by atoms with Gasteiger partial charge in [-0.1, -0.05) is 13.8 Å². The summed E-state index contributed by atoms with van der Waals surface area (Å²) in [5.74, 6) is -1.63. The number of hydrogen-bond donors (Lipinski definition) is 2. The Bertz CT molecular complexity index is 599. The second-order valence-electron chi connectivity index (χ2n) is 6.59. The fourth-order valence-electron chi connectivity index (χ4n) is 3.14. The van der Waals surface area contributed by atoms with Gasteiger partial charge in [0.2, 0.25) is 11.8 Å². The molecule has 132 valence electrons. The molecule has 7 heteroatoms. The fraction of sp³-hybridized carbons (Fsp3) is 0.529. The van der Waals surface area contributed by atoms with Crippen molar-refractivity contribution in [1.82, 2.24) is 10.2 Å². The first kappa shape index (κ1) is 18.3. The number of halogens is 2. The van der Waals surface area contributed by atoms with E-state index < -0.39 is 17.5 Å². The highest BCUT2D eigenvalue weighted by molar-refractivity contribution is 5.94. The van der Waals surface area contributed by atoms with Crippen LogP contribution >= 0.6 is 0 Å². The first-order chi connectivity index (χ1) is 11.3. The van der Waals surface area contributed by atoms with Crippen LogP contribution in [0.15, 0.2) is 18.2 Å². The third-order valence-corrected chi connectivity index (χ3v) is 3.96. The highest BCUT2D eigenvalue weighted by atomic mass is 19.2. The number of nitrogens with zero attached hydrogens (tertiary/aromatic N) is 1. The maximum atomic E-state index is 13.1. The van der Waals surface area contributed by atoms with E-state index in [9.17, 15) is 18.4 Å². The van der Waals surface area contributed by atoms with E-state index in [4.69, 9.17) is 0 Å². The highest BCUT2D eigenvalue weighted by Gasteiger charge is 2.23. The first-order valence-electron chi connectivity index (χ1n) is 8.07. The molecule has 2 rings (SSSR count). The molecular formula is C17H23F2N3O2. The lowest BCUT2D eigenvalue weighted by Crippen LogP contribution is -2.45. The molecule has 2 amide bonds. The first-order valence-corrected chi connectivity index (χ1v) is 8.07. The quantitative estimate of drug-likeness (QED) is 0.863. The minimum Gasteiger partial charge on any atom is -0.346 e. The molecule has 0 aliphatic carbocycles. The van der Waals surface area contributed by atoms with Gasteiger partial charge in [0.25, 0.3) is 0 Å². The van der Waals surface area contributed by atoms with Gasteiger partial charge in [0.15, 0.2) is 11.6 Å². The van der Waals surface area contributed by atoms with E-state index in [2.05, 4.69) is 29.4 Å². The summed E-state index contributed by atoms with van der Waals surface area (Å²) in [5.41, 5.74) is 0.145. The van der Waals surface area contributed by atoms with Crippen LogP contribution in [-0.2, 0) is 9.59 Å². The molecule has 1 aromatic rings. The standard InChI is InChI=1S/C17H23F2N3O2/c1-11-5-12(2)9-22(8-11)10-17(24)20-7-16(23)21-13-3-4-14(18)15(19)6-13/h3-4,6,11-12H,5,7-10H2,1-2H3,(H,20,24)(H,21,23)/t11-,12-/m0/s1. The van der Waals surface area contributed by atoms with Crippen LogP contribution in [0.3, 0.4) is 0 Å². The van der Waals surface area contributed by atoms with Gasteiger partial charge in [-0.25, -0.2) is 8.78 Å². The number of carbonyl (C=O) groups is 2. The summed E-state index contributed by atoms with van der Waals surface area (Å²) in [4.78, 5) is 25.8. The lowest BCUT2D eigenvalue weighted by Gasteiger charge is -2.34. The van der Waals surface area contributed by atoms with Crippen LogP contribution in [0.2, 0.25) is 0 Å². The van der Waals surface area contributed by atoms with Crippen molar-refractivity contribution >= 4 is 17.5 Å². The Morgan fingerprint density at radius 1 is 1.12 bits per heavy atom. The molecule has 0 aromatic heterocycles. The predicted molar refractivity (Wildman–Crippen MR) is 87.4 cm³/mol. The molecule has 0 radical (unpaired) electrons. The second kappa shape index (κ2) is 8.19. The van der Waals surface area contributed by atoms with Crippen molar-refractivity contribution in [2.24, 2.45) is 11.8 Å². The van der Waals surface area contributed by atoms with Crippen LogP contribution in [-0.4, -0.2) is 42.9 Å². The summed E-state index contributed by atoms with van der Waals surface area (Å²) >= 11 is 0. The van der Waals surface area contributed by atoms with Crippen LogP contribution in [0.25, 0.3) is 0 Å². The zero-order valence-corrected chi connectivity index (χ0v) is 13.9. The molecule has 2 atom stereocenters. The number of anilines is 1. The van der Waals surface area contributed by atoms with Crippen LogP contribution in [0, 0.1) is 23.5 Å². The normalized spacial score (nSPS) is 21.3. The van der Waals surface area contributed by atoms with Crippen LogP contribution in [0.1, 0.15) is 20.3 Å². The number of benzene rings is 1. The van der Waals surface area contributed by atoms with Crippen molar-refractivity contribution in [3.05, 3.63) is 29.8 Å². The van der Waals surface area contributed by atoms with Gasteiger partial charge in [0.05, 0.1) is 13.1 Å². The summed E-state index contributed by atoms with van der Waals surface area (Å²) in [7, 11) is 0. The van der Waals surface area contributed by atoms with Crippen molar-refractivity contribution in [3.8, 4) is 0 Å². The predicted octanol–water partition coefficient (Wildman–Crippen LogP) is 2.00. The zero-order valence-electron chi connectivity index (χ0n) is 13.9. The Hall–Kier alpha value is -2.02. The molecule has 1 saturated heterocycles. The van der Waals surface area contributed by atoms with E-state index >= 15 is 0 Å². The number of rotatable bonds is 5. The summed E-state index contributed by atoms with van der Waals surface area (Å²) in [6.07, 6.45) is 1.16. The number of likely N-dealkylation sites (tertiary alicyclic amines) is 1. The summed E-state index contributed by atoms with van der Waals surface area (Å²) in [6.45, 7) is 6.12. The Kier molecular flexibility index (Phi) is 6.25. The van der Waals surface area contributed by atoms with Crippen molar-refractivity contribution in [3.63, 3.8) is 0 Å². The smallest absolute Gasteiger partial charge is 0.243 e. The fourth-order valence-corrected chi connectivity index (χ4v) is 3.14. The molecule has 1 heterocycles. The average molecular weight is 339 g/mol. The van der Waals surface area contributed by atoms with E-state index in [0.717, 1.165) is 31.6 Å². The molecule has 1 fully saturated rings. The SMILES string of the molecule is C[C@H]1C[C@H](C)CN(CC(=O)NCC(=O)Nc2ccc(F)c(F)c2)C1. The van der Waals surface area contributed by atoms with Crippen molar-refractivity contribution in [1.29, 1.82) is 0 Å². The molecule has 0 saturated carbocycles. The maximum Gasteiger partial charge on any atom is 0.243 e. The van der Waals surface area contributed by atoms with E-state index in [-0.39, 0.29) is 24.7 Å². The van der Waals surface area contributed by atoms with Gasteiger partial charge in [0.1, 0.15) is 0 Å². The maximum absolute atomic E-state index is 13.1. The Morgan fingerprint density at radius 2 is 1.79 bits per heavy atom. The van der Waals surface area contributed by atoms with E-state index in [0.29, 0.717) is 11.8 Å². The van der Waals surface area contributed by atoms with Gasteiger partial charge < -0.3 is 10.6 Å². The summed E-state index contributed by atoms with van der Waals surface area (Å²) in [5, 5.41) is 4.95. The van der Waals surface area contributed by atoms with Gasteiger partial charge in [0, 0.05) is 24.8 Å². The van der Waals surface area contributed by atoms with Gasteiger partial charge in [-0.05, 0) is 30.4 Å². The number of piperidine rings is 1. The second-order valence-corrected chi connectivity index (χ2v) is 6.59. The van der Waals surface area contributed by atoms with E-state index in [1.807, 2.05) is 0 Å². The van der Waals surface area contributed by atoms with E-state index in [1.54, 1.807) is 0 Å². The molecule has 1 aromatic carbocycles. The Labute approximate surface area is 140 Å². The lowest BCUT2D eigenvalue weighted by molar-refractivity contribution is -0.125. The van der Waals surface area contributed by atoms with Crippen LogP contribution in [0.5, 0.6) is 0 Å². The molecule has 0 unspecified atom stereocenters. The summed E-state index contributed by atoms with van der Waals surface area (Å²) in [6, 6.07) is 3.09. The number of nitrogens with one attached hydrogen (secondary N) is 2. The largest absolute Gasteiger partial charge is 0.346 e. The minimum absolute atomic E-state index is 0.145. The molecule has 0 spiro atoms. The molecular weight excluding hydrogens is 316 g/mol. The third-order valence-electron chi connectivity index (χ3n) is 3.96. The van der Waals surface area contributed by atoms with Crippen molar-refractivity contribution in [2.75, 3.05) is 31.5 Å². The van der Waals surface area contributed by atoms with E-state index in [1.165, 1.54) is 6.07 Å². The van der Waals surface area contributed by atoms with Crippen LogP contribution in [0.4, 0.5) is 14.5 Å². The van der Waals surface area contributed by atoms with Crippen LogP contribution < -0.4 is 10.6 Å². The number of carbonyl (C=O) groups excluding carboxylic acids is 2. The molecule has 24 heavy (non-hydrogen) atoms. The van der Waals surface area contributed by atoms with Crippen molar-refractivity contribution < 1.29 is 18.4 Å². The minimum atomic E-state index is -1.04. The topological polar surface area (TPSA) is 61.4 Å². The van der Waals surface area contributed by atoms with Gasteiger partial charge in [-0.15, -0.1) is 0 Å². The lowest BCUT2D eigenvalue weighted by atomic mass is 9.92. The highest BCUT2D eigenvalue weighted by Crippen LogP contribution is 2.20. The molecule has 0 bridgehead atoms. The van der Waals surface area contributed by atoms with Gasteiger partial charge in [-0.2, -0.15) is 0 Å². The third kappa shape index (κ3) is 5.56. The molecule has 1 aliphatic rings. The van der Waals surface area contributed by atoms with Gasteiger partial charge in [-0.3, -0.25) is 14.5 Å². The van der Waals surface area contributed by atoms with Crippen molar-refractivity contribution in [2.45, 2.75) is 20.3 Å². The zero-order chi connectivity index (χ0) is 17.7. The Balaban J connectivity index is 1.74. The Morgan fingerprint density at radius 3 is 2.42 bits per heavy atom. The summed E-state index contributed by atoms with van der Waals surface area (Å²) < 4.78 is 25.9. The molecule has 5 nitrogen and oxygen atoms in total.